The first-order valence-electron chi connectivity index (χ1n) is 12.4. The highest BCUT2D eigenvalue weighted by atomic mass is 16.5. The third kappa shape index (κ3) is 4.64. The first-order valence-corrected chi connectivity index (χ1v) is 12.4. The maximum atomic E-state index is 13.7. The van der Waals surface area contributed by atoms with Gasteiger partial charge in [-0.1, -0.05) is 35.9 Å². The Kier molecular flexibility index (Phi) is 6.60. The van der Waals surface area contributed by atoms with E-state index in [4.69, 9.17) is 9.84 Å². The lowest BCUT2D eigenvalue weighted by Crippen LogP contribution is -2.46. The average molecular weight is 493 g/mol. The molecule has 2 aromatic carbocycles. The largest absolute Gasteiger partial charge is 0.376 e. The van der Waals surface area contributed by atoms with Crippen molar-refractivity contribution in [3.63, 3.8) is 0 Å². The lowest BCUT2D eigenvalue weighted by molar-refractivity contribution is -0.142. The van der Waals surface area contributed by atoms with Crippen LogP contribution in [0.5, 0.6) is 0 Å². The minimum absolute atomic E-state index is 0.0208. The van der Waals surface area contributed by atoms with Gasteiger partial charge in [0, 0.05) is 29.5 Å². The molecule has 0 N–H and O–H groups in total. The number of aryl methyl sites for hydroxylation is 2. The van der Waals surface area contributed by atoms with Gasteiger partial charge in [0.1, 0.15) is 17.3 Å². The second-order valence-electron chi connectivity index (χ2n) is 9.56. The van der Waals surface area contributed by atoms with Crippen molar-refractivity contribution in [2.75, 3.05) is 13.2 Å². The number of para-hydroxylation sites is 1. The minimum atomic E-state index is -0.563. The van der Waals surface area contributed by atoms with E-state index in [9.17, 15) is 14.9 Å². The van der Waals surface area contributed by atoms with Crippen molar-refractivity contribution in [3.8, 4) is 23.0 Å². The summed E-state index contributed by atoms with van der Waals surface area (Å²) in [5, 5.41) is 14.7. The van der Waals surface area contributed by atoms with Gasteiger partial charge in [-0.2, -0.15) is 10.4 Å². The molecule has 0 aliphatic carbocycles. The predicted octanol–water partition coefficient (Wildman–Crippen LogP) is 4.93. The van der Waals surface area contributed by atoms with Gasteiger partial charge in [0.25, 0.3) is 11.8 Å². The molecule has 3 aromatic rings. The molecule has 1 aromatic heterocycles. The number of rotatable bonds is 5. The van der Waals surface area contributed by atoms with Crippen LogP contribution in [0.2, 0.25) is 0 Å². The van der Waals surface area contributed by atoms with Gasteiger partial charge in [-0.05, 0) is 69.0 Å². The molecule has 0 saturated carbocycles. The van der Waals surface area contributed by atoms with Gasteiger partial charge < -0.3 is 4.74 Å². The minimum Gasteiger partial charge on any atom is -0.376 e. The van der Waals surface area contributed by atoms with E-state index in [1.165, 1.54) is 0 Å². The van der Waals surface area contributed by atoms with Crippen molar-refractivity contribution in [3.05, 3.63) is 88.1 Å². The number of benzene rings is 2. The Bertz CT molecular complexity index is 1480. The smallest absolute Gasteiger partial charge is 0.271 e. The monoisotopic (exact) mass is 492 g/mol. The fourth-order valence-electron chi connectivity index (χ4n) is 4.85. The molecule has 37 heavy (non-hydrogen) atoms. The summed E-state index contributed by atoms with van der Waals surface area (Å²) in [6.45, 7) is 6.46. The topological polar surface area (TPSA) is 88.2 Å². The number of ether oxygens (including phenoxy) is 1. The summed E-state index contributed by atoms with van der Waals surface area (Å²) >= 11 is 0. The quantitative estimate of drug-likeness (QED) is 0.372. The molecule has 2 amide bonds. The van der Waals surface area contributed by atoms with Crippen molar-refractivity contribution >= 4 is 17.9 Å². The highest BCUT2D eigenvalue weighted by Crippen LogP contribution is 2.33. The van der Waals surface area contributed by atoms with Gasteiger partial charge in [-0.25, -0.2) is 4.68 Å². The molecule has 0 bridgehead atoms. The number of aromatic nitrogens is 2. The molecule has 7 nitrogen and oxygen atoms in total. The Morgan fingerprint density at radius 3 is 2.59 bits per heavy atom. The first-order chi connectivity index (χ1) is 17.9. The van der Waals surface area contributed by atoms with Crippen LogP contribution in [0.4, 0.5) is 0 Å². The predicted molar refractivity (Wildman–Crippen MR) is 140 cm³/mol. The summed E-state index contributed by atoms with van der Waals surface area (Å²) in [7, 11) is 0. The maximum absolute atomic E-state index is 13.7. The molecular formula is C30H28N4O3. The summed E-state index contributed by atoms with van der Waals surface area (Å²) in [6, 6.07) is 18.0. The highest BCUT2D eigenvalue weighted by molar-refractivity contribution is 6.19. The molecule has 3 heterocycles. The van der Waals surface area contributed by atoms with Gasteiger partial charge in [0.05, 0.1) is 18.3 Å². The zero-order valence-corrected chi connectivity index (χ0v) is 21.2. The SMILES string of the molecule is CC1=C(C#N)C(=O)N(CC2CCCO2)C(=O)/C1=C/c1cn(-c2ccccc2)nc1-c1cc(C)ccc1C. The van der Waals surface area contributed by atoms with Crippen molar-refractivity contribution in [1.29, 1.82) is 5.26 Å². The fourth-order valence-corrected chi connectivity index (χ4v) is 4.85. The van der Waals surface area contributed by atoms with E-state index < -0.39 is 11.8 Å². The highest BCUT2D eigenvalue weighted by Gasteiger charge is 2.37. The fraction of sp³-hybridized carbons (Fsp3) is 0.267. The Labute approximate surface area is 216 Å². The average Bonchev–Trinajstić information content (AvgIpc) is 3.57. The first kappa shape index (κ1) is 24.4. The zero-order chi connectivity index (χ0) is 26.1. The van der Waals surface area contributed by atoms with Crippen molar-refractivity contribution in [2.24, 2.45) is 0 Å². The van der Waals surface area contributed by atoms with Crippen LogP contribution in [-0.4, -0.2) is 45.8 Å². The van der Waals surface area contributed by atoms with E-state index in [0.29, 0.717) is 17.8 Å². The molecule has 7 heteroatoms. The van der Waals surface area contributed by atoms with Crippen molar-refractivity contribution in [1.82, 2.24) is 14.7 Å². The van der Waals surface area contributed by atoms with Gasteiger partial charge >= 0.3 is 0 Å². The van der Waals surface area contributed by atoms with E-state index in [1.807, 2.05) is 56.4 Å². The van der Waals surface area contributed by atoms with E-state index >= 15 is 0 Å². The van der Waals surface area contributed by atoms with E-state index in [1.54, 1.807) is 17.7 Å². The van der Waals surface area contributed by atoms with E-state index in [2.05, 4.69) is 18.2 Å². The molecule has 2 aliphatic heterocycles. The number of hydrogen-bond donors (Lipinski definition) is 0. The summed E-state index contributed by atoms with van der Waals surface area (Å²) in [5.41, 5.74) is 6.11. The van der Waals surface area contributed by atoms with Crippen LogP contribution in [-0.2, 0) is 14.3 Å². The summed E-state index contributed by atoms with van der Waals surface area (Å²) < 4.78 is 7.47. The number of nitrogens with zero attached hydrogens (tertiary/aromatic N) is 4. The second-order valence-corrected chi connectivity index (χ2v) is 9.56. The Hall–Kier alpha value is -4.28. The molecule has 186 valence electrons. The Morgan fingerprint density at radius 1 is 1.11 bits per heavy atom. The van der Waals surface area contributed by atoms with Crippen LogP contribution >= 0.6 is 0 Å². The van der Waals surface area contributed by atoms with Gasteiger partial charge in [-0.3, -0.25) is 14.5 Å². The standard InChI is InChI=1S/C30H28N4O3/c1-19-11-12-20(2)25(14-19)28-22(17-34(32-28)23-8-5-4-6-9-23)15-26-21(3)27(16-31)30(36)33(29(26)35)18-24-10-7-13-37-24/h4-6,8-9,11-12,14-15,17,24H,7,10,13,18H2,1-3H3/b26-15+. The molecule has 1 saturated heterocycles. The third-order valence-electron chi connectivity index (χ3n) is 6.95. The molecule has 0 radical (unpaired) electrons. The number of hydrogen-bond acceptors (Lipinski definition) is 5. The van der Waals surface area contributed by atoms with Crippen LogP contribution in [0.25, 0.3) is 23.0 Å². The van der Waals surface area contributed by atoms with Gasteiger partial charge in [0.2, 0.25) is 0 Å². The number of amides is 2. The summed E-state index contributed by atoms with van der Waals surface area (Å²) in [5.74, 6) is -0.983. The molecule has 1 atom stereocenters. The van der Waals surface area contributed by atoms with Crippen LogP contribution < -0.4 is 0 Å². The maximum Gasteiger partial charge on any atom is 0.271 e. The zero-order valence-electron chi connectivity index (χ0n) is 21.2. The molecule has 0 spiro atoms. The van der Waals surface area contributed by atoms with Crippen molar-refractivity contribution < 1.29 is 14.3 Å². The van der Waals surface area contributed by atoms with Crippen LogP contribution in [0.3, 0.4) is 0 Å². The molecule has 1 unspecified atom stereocenters. The number of carbonyl (C=O) groups is 2. The molecule has 5 rings (SSSR count). The Balaban J connectivity index is 1.67. The van der Waals surface area contributed by atoms with Crippen LogP contribution in [0, 0.1) is 25.2 Å². The van der Waals surface area contributed by atoms with Gasteiger partial charge in [0.15, 0.2) is 0 Å². The number of imide groups is 1. The number of nitriles is 1. The lowest BCUT2D eigenvalue weighted by Gasteiger charge is -2.29. The molecular weight excluding hydrogens is 464 g/mol. The molecule has 1 fully saturated rings. The summed E-state index contributed by atoms with van der Waals surface area (Å²) in [6.07, 6.45) is 5.10. The lowest BCUT2D eigenvalue weighted by atomic mass is 9.92. The van der Waals surface area contributed by atoms with Gasteiger partial charge in [-0.15, -0.1) is 0 Å². The van der Waals surface area contributed by atoms with E-state index in [0.717, 1.165) is 51.4 Å². The van der Waals surface area contributed by atoms with Crippen LogP contribution in [0.1, 0.15) is 36.5 Å². The normalized spacial score (nSPS) is 19.1. The third-order valence-corrected chi connectivity index (χ3v) is 6.95. The van der Waals surface area contributed by atoms with Crippen molar-refractivity contribution in [2.45, 2.75) is 39.7 Å². The van der Waals surface area contributed by atoms with Crippen LogP contribution in [0.15, 0.2) is 71.4 Å². The second kappa shape index (κ2) is 10.00. The van der Waals surface area contributed by atoms with E-state index in [-0.39, 0.29) is 18.2 Å². The Morgan fingerprint density at radius 2 is 1.89 bits per heavy atom. The number of carbonyl (C=O) groups excluding carboxylic acids is 2. The molecule has 2 aliphatic rings. The summed E-state index contributed by atoms with van der Waals surface area (Å²) in [4.78, 5) is 27.9.